The summed E-state index contributed by atoms with van der Waals surface area (Å²) in [6.45, 7) is 0.971. The van der Waals surface area contributed by atoms with Gasteiger partial charge in [-0.15, -0.1) is 0 Å². The Hall–Kier alpha value is -3.13. The van der Waals surface area contributed by atoms with Crippen molar-refractivity contribution in [2.45, 2.75) is 19.4 Å². The summed E-state index contributed by atoms with van der Waals surface area (Å²) in [5, 5.41) is 11.5. The number of anilines is 1. The molecule has 0 spiro atoms. The maximum atomic E-state index is 12.4. The van der Waals surface area contributed by atoms with Gasteiger partial charge in [-0.2, -0.15) is 5.26 Å². The lowest BCUT2D eigenvalue weighted by atomic mass is 10.1. The number of nitrogens with one attached hydrogen (secondary N) is 1. The minimum atomic E-state index is -0.338. The predicted molar refractivity (Wildman–Crippen MR) is 94.4 cm³/mol. The van der Waals surface area contributed by atoms with Crippen LogP contribution in [0.1, 0.15) is 17.5 Å². The largest absolute Gasteiger partial charge is 0.338 e. The number of likely N-dealkylation sites (tertiary alicyclic amines) is 1. The third kappa shape index (κ3) is 4.24. The minimum absolute atomic E-state index is 0.00775. The van der Waals surface area contributed by atoms with E-state index in [0.29, 0.717) is 25.2 Å². The average Bonchev–Trinajstić information content (AvgIpc) is 2.99. The smallest absolute Gasteiger partial charge is 0.229 e. The van der Waals surface area contributed by atoms with E-state index in [-0.39, 0.29) is 24.2 Å². The number of rotatable bonds is 5. The van der Waals surface area contributed by atoms with Gasteiger partial charge < -0.3 is 10.2 Å². The van der Waals surface area contributed by atoms with E-state index < -0.39 is 0 Å². The molecule has 5 heteroatoms. The Kier molecular flexibility index (Phi) is 5.10. The first-order chi connectivity index (χ1) is 12.2. The molecule has 25 heavy (non-hydrogen) atoms. The lowest BCUT2D eigenvalue weighted by Gasteiger charge is -2.16. The average molecular weight is 333 g/mol. The molecule has 1 unspecified atom stereocenters. The Morgan fingerprint density at radius 2 is 1.84 bits per heavy atom. The second-order valence-corrected chi connectivity index (χ2v) is 6.18. The van der Waals surface area contributed by atoms with Gasteiger partial charge in [0, 0.05) is 25.2 Å². The summed E-state index contributed by atoms with van der Waals surface area (Å²) in [6, 6.07) is 19.1. The first-order valence-electron chi connectivity index (χ1n) is 8.24. The summed E-state index contributed by atoms with van der Waals surface area (Å²) in [5.41, 5.74) is 2.65. The van der Waals surface area contributed by atoms with Gasteiger partial charge >= 0.3 is 0 Å². The molecule has 3 rings (SSSR count). The quantitative estimate of drug-likeness (QED) is 0.914. The lowest BCUT2D eigenvalue weighted by molar-refractivity contribution is -0.128. The fraction of sp³-hybridized carbons (Fsp3) is 0.250. The van der Waals surface area contributed by atoms with Crippen molar-refractivity contribution in [3.63, 3.8) is 0 Å². The van der Waals surface area contributed by atoms with Crippen LogP contribution < -0.4 is 5.32 Å². The molecule has 0 aliphatic carbocycles. The Balaban J connectivity index is 1.58. The summed E-state index contributed by atoms with van der Waals surface area (Å²) in [7, 11) is 0. The van der Waals surface area contributed by atoms with Crippen LogP contribution >= 0.6 is 0 Å². The van der Waals surface area contributed by atoms with Crippen LogP contribution in [0.15, 0.2) is 54.6 Å². The molecule has 5 nitrogen and oxygen atoms in total. The maximum absolute atomic E-state index is 12.4. The van der Waals surface area contributed by atoms with Gasteiger partial charge in [-0.05, 0) is 23.3 Å². The molecule has 2 aromatic carbocycles. The summed E-state index contributed by atoms with van der Waals surface area (Å²) in [4.78, 5) is 26.3. The van der Waals surface area contributed by atoms with Crippen LogP contribution in [0.5, 0.6) is 0 Å². The molecule has 0 radical (unpaired) electrons. The third-order valence-electron chi connectivity index (χ3n) is 4.31. The second-order valence-electron chi connectivity index (χ2n) is 6.18. The Morgan fingerprint density at radius 1 is 1.12 bits per heavy atom. The van der Waals surface area contributed by atoms with Crippen molar-refractivity contribution in [2.75, 3.05) is 11.9 Å². The Labute approximate surface area is 146 Å². The van der Waals surface area contributed by atoms with Crippen molar-refractivity contribution < 1.29 is 9.59 Å². The molecule has 1 fully saturated rings. The van der Waals surface area contributed by atoms with Crippen LogP contribution in [0.3, 0.4) is 0 Å². The first-order valence-corrected chi connectivity index (χ1v) is 8.24. The van der Waals surface area contributed by atoms with E-state index in [1.807, 2.05) is 42.5 Å². The number of nitrogens with zero attached hydrogens (tertiary/aromatic N) is 2. The van der Waals surface area contributed by atoms with Crippen LogP contribution in [0.4, 0.5) is 5.69 Å². The molecule has 2 aromatic rings. The topological polar surface area (TPSA) is 73.2 Å². The number of nitriles is 1. The van der Waals surface area contributed by atoms with Crippen molar-refractivity contribution >= 4 is 17.5 Å². The highest BCUT2D eigenvalue weighted by Crippen LogP contribution is 2.22. The Bertz CT molecular complexity index is 794. The molecular weight excluding hydrogens is 314 g/mol. The molecule has 1 heterocycles. The molecule has 1 aliphatic heterocycles. The number of hydrogen-bond donors (Lipinski definition) is 1. The van der Waals surface area contributed by atoms with E-state index >= 15 is 0 Å². The number of carbonyl (C=O) groups is 2. The van der Waals surface area contributed by atoms with Gasteiger partial charge in [0.2, 0.25) is 11.8 Å². The van der Waals surface area contributed by atoms with E-state index in [9.17, 15) is 9.59 Å². The molecular formula is C20H19N3O2. The molecule has 1 aliphatic rings. The van der Waals surface area contributed by atoms with Crippen LogP contribution in [0.2, 0.25) is 0 Å². The summed E-state index contributed by atoms with van der Waals surface area (Å²) in [6.07, 6.45) is 0.588. The molecule has 1 N–H and O–H groups in total. The first kappa shape index (κ1) is 16.7. The molecule has 126 valence electrons. The highest BCUT2D eigenvalue weighted by molar-refractivity contribution is 5.97. The standard InChI is InChI=1S/C20H19N3O2/c21-11-10-15-6-8-18(9-7-15)22-20(25)17-12-19(24)23(14-17)13-16-4-2-1-3-5-16/h1-9,17H,10,12-14H2,(H,22,25). The Morgan fingerprint density at radius 3 is 2.52 bits per heavy atom. The third-order valence-corrected chi connectivity index (χ3v) is 4.31. The van der Waals surface area contributed by atoms with E-state index in [1.165, 1.54) is 0 Å². The second kappa shape index (κ2) is 7.63. The van der Waals surface area contributed by atoms with E-state index in [2.05, 4.69) is 11.4 Å². The molecule has 2 amide bonds. The number of benzene rings is 2. The van der Waals surface area contributed by atoms with Crippen molar-refractivity contribution in [1.82, 2.24) is 4.90 Å². The number of carbonyl (C=O) groups excluding carboxylic acids is 2. The van der Waals surface area contributed by atoms with Gasteiger partial charge in [-0.25, -0.2) is 0 Å². The monoisotopic (exact) mass is 333 g/mol. The highest BCUT2D eigenvalue weighted by Gasteiger charge is 2.34. The molecule has 1 saturated heterocycles. The zero-order valence-corrected chi connectivity index (χ0v) is 13.8. The summed E-state index contributed by atoms with van der Waals surface area (Å²) >= 11 is 0. The maximum Gasteiger partial charge on any atom is 0.229 e. The predicted octanol–water partition coefficient (Wildman–Crippen LogP) is 2.74. The molecule has 0 bridgehead atoms. The summed E-state index contributed by atoms with van der Waals surface area (Å²) in [5.74, 6) is -0.472. The van der Waals surface area contributed by atoms with Crippen molar-refractivity contribution in [3.8, 4) is 6.07 Å². The van der Waals surface area contributed by atoms with Gasteiger partial charge in [-0.1, -0.05) is 42.5 Å². The van der Waals surface area contributed by atoms with Crippen LogP contribution in [0, 0.1) is 17.2 Å². The van der Waals surface area contributed by atoms with E-state index in [4.69, 9.17) is 5.26 Å². The fourth-order valence-electron chi connectivity index (χ4n) is 2.95. The van der Waals surface area contributed by atoms with Gasteiger partial charge in [0.25, 0.3) is 0 Å². The van der Waals surface area contributed by atoms with Crippen molar-refractivity contribution in [2.24, 2.45) is 5.92 Å². The van der Waals surface area contributed by atoms with E-state index in [1.54, 1.807) is 17.0 Å². The molecule has 0 saturated carbocycles. The van der Waals surface area contributed by atoms with Crippen LogP contribution in [0.25, 0.3) is 0 Å². The lowest BCUT2D eigenvalue weighted by Crippen LogP contribution is -2.28. The van der Waals surface area contributed by atoms with Gasteiger partial charge in [0.1, 0.15) is 0 Å². The zero-order valence-electron chi connectivity index (χ0n) is 13.8. The number of amides is 2. The van der Waals surface area contributed by atoms with Gasteiger partial charge in [0.05, 0.1) is 18.4 Å². The zero-order chi connectivity index (χ0) is 17.6. The van der Waals surface area contributed by atoms with Crippen LogP contribution in [-0.4, -0.2) is 23.3 Å². The summed E-state index contributed by atoms with van der Waals surface area (Å²) < 4.78 is 0. The molecule has 0 aromatic heterocycles. The van der Waals surface area contributed by atoms with E-state index in [0.717, 1.165) is 11.1 Å². The number of hydrogen-bond acceptors (Lipinski definition) is 3. The highest BCUT2D eigenvalue weighted by atomic mass is 16.2. The van der Waals surface area contributed by atoms with Crippen molar-refractivity contribution in [1.29, 1.82) is 5.26 Å². The van der Waals surface area contributed by atoms with Gasteiger partial charge in [0.15, 0.2) is 0 Å². The normalized spacial score (nSPS) is 16.5. The SMILES string of the molecule is N#CCc1ccc(NC(=O)C2CC(=O)N(Cc3ccccc3)C2)cc1. The molecule has 1 atom stereocenters. The minimum Gasteiger partial charge on any atom is -0.338 e. The van der Waals surface area contributed by atoms with Crippen molar-refractivity contribution in [3.05, 3.63) is 65.7 Å². The van der Waals surface area contributed by atoms with Crippen LogP contribution in [-0.2, 0) is 22.6 Å². The van der Waals surface area contributed by atoms with Gasteiger partial charge in [-0.3, -0.25) is 9.59 Å². The fourth-order valence-corrected chi connectivity index (χ4v) is 2.95.